The van der Waals surface area contributed by atoms with Crippen molar-refractivity contribution in [2.75, 3.05) is 25.4 Å². The fourth-order valence-electron chi connectivity index (χ4n) is 9.35. The molecule has 338 valence electrons. The minimum atomic E-state index is -3.64. The fourth-order valence-corrected chi connectivity index (χ4v) is 10.9. The Balaban J connectivity index is 1.43. The van der Waals surface area contributed by atoms with Crippen LogP contribution in [0.1, 0.15) is 129 Å². The number of sulfone groups is 1. The number of urea groups is 1. The van der Waals surface area contributed by atoms with E-state index in [1.54, 1.807) is 25.7 Å². The van der Waals surface area contributed by atoms with Crippen LogP contribution < -0.4 is 21.3 Å². The lowest BCUT2D eigenvalue weighted by Gasteiger charge is -2.44. The fraction of sp³-hybridized carbons (Fsp3) is 0.689. The van der Waals surface area contributed by atoms with Crippen LogP contribution in [0.25, 0.3) is 0 Å². The zero-order valence-corrected chi connectivity index (χ0v) is 37.6. The Morgan fingerprint density at radius 2 is 1.59 bits per heavy atom. The van der Waals surface area contributed by atoms with Crippen LogP contribution >= 0.6 is 0 Å². The molecule has 0 radical (unpaired) electrons. The molecule has 4 aliphatic rings. The van der Waals surface area contributed by atoms with Crippen LogP contribution in [0.5, 0.6) is 0 Å². The van der Waals surface area contributed by atoms with Crippen molar-refractivity contribution in [1.82, 2.24) is 31.1 Å². The number of likely N-dealkylation sites (tertiary alicyclic amines) is 1. The van der Waals surface area contributed by atoms with E-state index in [2.05, 4.69) is 27.8 Å². The lowest BCUT2D eigenvalue weighted by molar-refractivity contribution is -0.144. The van der Waals surface area contributed by atoms with Crippen molar-refractivity contribution in [2.24, 2.45) is 5.41 Å². The van der Waals surface area contributed by atoms with Gasteiger partial charge in [0.05, 0.1) is 28.6 Å². The standard InChI is InChI=1S/C45H68N6O9S/c1-7-17-34(36(52)39(54)46-25-8-2)47-38(53)35-27-33(60-42(57)50-26-20-31-18-11-12-19-32(31)28-50)29-51(35)40(55)37(44(6)21-13-9-14-22-44)48-41(56)49-45(23-15-10-16-24-45)30-61(58,59)43(3,4)5/h8,11-12,18-19,33-35,37H,2,7,9-10,13-17,20-30H2,1,3-6H3,(H,46,54)(H,47,53)(H2,48,49,56)/t33-,34?,35+,37-/m1/s1. The van der Waals surface area contributed by atoms with Crippen LogP contribution in [0.15, 0.2) is 36.9 Å². The van der Waals surface area contributed by atoms with Gasteiger partial charge >= 0.3 is 12.1 Å². The first kappa shape index (κ1) is 47.6. The molecule has 0 aromatic heterocycles. The average Bonchev–Trinajstić information content (AvgIpc) is 3.64. The van der Waals surface area contributed by atoms with Crippen molar-refractivity contribution in [3.63, 3.8) is 0 Å². The van der Waals surface area contributed by atoms with Crippen molar-refractivity contribution >= 4 is 45.5 Å². The summed E-state index contributed by atoms with van der Waals surface area (Å²) in [5.74, 6) is -3.18. The largest absolute Gasteiger partial charge is 0.444 e. The molecule has 16 heteroatoms. The summed E-state index contributed by atoms with van der Waals surface area (Å²) in [6.07, 6.45) is 8.31. The van der Waals surface area contributed by atoms with Gasteiger partial charge in [-0.3, -0.25) is 19.2 Å². The number of ketones is 1. The predicted octanol–water partition coefficient (Wildman–Crippen LogP) is 4.86. The third-order valence-electron chi connectivity index (χ3n) is 13.1. The number of carbonyl (C=O) groups excluding carboxylic acids is 6. The molecule has 1 aromatic carbocycles. The van der Waals surface area contributed by atoms with Crippen molar-refractivity contribution in [3.8, 4) is 0 Å². The third-order valence-corrected chi connectivity index (χ3v) is 15.9. The van der Waals surface area contributed by atoms with E-state index >= 15 is 4.79 Å². The maximum Gasteiger partial charge on any atom is 0.410 e. The first-order valence-corrected chi connectivity index (χ1v) is 23.8. The van der Waals surface area contributed by atoms with E-state index in [4.69, 9.17) is 4.74 Å². The molecule has 0 bridgehead atoms. The predicted molar refractivity (Wildman–Crippen MR) is 232 cm³/mol. The van der Waals surface area contributed by atoms with Gasteiger partial charge in [0, 0.05) is 26.1 Å². The maximum atomic E-state index is 15.2. The molecule has 4 atom stereocenters. The molecule has 3 fully saturated rings. The number of nitrogens with zero attached hydrogens (tertiary/aromatic N) is 2. The van der Waals surface area contributed by atoms with Gasteiger partial charge in [-0.1, -0.05) is 89.1 Å². The van der Waals surface area contributed by atoms with Gasteiger partial charge in [-0.2, -0.15) is 0 Å². The molecule has 2 heterocycles. The second kappa shape index (κ2) is 20.1. The molecule has 15 nitrogen and oxygen atoms in total. The number of benzene rings is 1. The first-order valence-electron chi connectivity index (χ1n) is 22.2. The highest BCUT2D eigenvalue weighted by Gasteiger charge is 2.50. The molecule has 2 aliphatic carbocycles. The third kappa shape index (κ3) is 11.7. The molecule has 1 aromatic rings. The maximum absolute atomic E-state index is 15.2. The second-order valence-electron chi connectivity index (χ2n) is 18.9. The summed E-state index contributed by atoms with van der Waals surface area (Å²) < 4.78 is 32.1. The van der Waals surface area contributed by atoms with Gasteiger partial charge in [0.2, 0.25) is 17.6 Å². The zero-order valence-electron chi connectivity index (χ0n) is 36.8. The van der Waals surface area contributed by atoms with Crippen molar-refractivity contribution < 1.29 is 41.9 Å². The summed E-state index contributed by atoms with van der Waals surface area (Å²) in [7, 11) is -3.64. The average molecular weight is 869 g/mol. The Hall–Kier alpha value is -4.47. The molecule has 1 saturated heterocycles. The van der Waals surface area contributed by atoms with E-state index in [1.165, 1.54) is 11.0 Å². The molecule has 1 unspecified atom stereocenters. The second-order valence-corrected chi connectivity index (χ2v) is 21.6. The van der Waals surface area contributed by atoms with E-state index < -0.39 is 85.4 Å². The smallest absolute Gasteiger partial charge is 0.410 e. The monoisotopic (exact) mass is 868 g/mol. The molecule has 2 aliphatic heterocycles. The zero-order chi connectivity index (χ0) is 44.6. The normalized spacial score (nSPS) is 22.1. The summed E-state index contributed by atoms with van der Waals surface area (Å²) >= 11 is 0. The van der Waals surface area contributed by atoms with Gasteiger partial charge < -0.3 is 35.8 Å². The molecule has 0 spiro atoms. The van der Waals surface area contributed by atoms with Gasteiger partial charge in [-0.05, 0) is 75.8 Å². The number of amides is 6. The topological polar surface area (TPSA) is 200 Å². The molecule has 4 N–H and O–H groups in total. The summed E-state index contributed by atoms with van der Waals surface area (Å²) in [6, 6.07) is 3.68. The van der Waals surface area contributed by atoms with Crippen LogP contribution in [0.4, 0.5) is 9.59 Å². The van der Waals surface area contributed by atoms with Crippen LogP contribution in [0.2, 0.25) is 0 Å². The molecule has 2 saturated carbocycles. The minimum absolute atomic E-state index is 0.0617. The summed E-state index contributed by atoms with van der Waals surface area (Å²) in [6.45, 7) is 13.0. The molecule has 6 amide bonds. The summed E-state index contributed by atoms with van der Waals surface area (Å²) in [5.41, 5.74) is 0.400. The van der Waals surface area contributed by atoms with E-state index in [1.807, 2.05) is 38.1 Å². The Morgan fingerprint density at radius 1 is 0.951 bits per heavy atom. The summed E-state index contributed by atoms with van der Waals surface area (Å²) in [4.78, 5) is 86.4. The van der Waals surface area contributed by atoms with Gasteiger partial charge in [-0.15, -0.1) is 6.58 Å². The number of ether oxygens (including phenoxy) is 1. The molecule has 5 rings (SSSR count). The first-order chi connectivity index (χ1) is 28.8. The number of hydrogen-bond acceptors (Lipinski definition) is 9. The SMILES string of the molecule is C=CCNC(=O)C(=O)C(CCC)NC(=O)[C@@H]1C[C@@H](OC(=O)N2CCc3ccccc3C2)CN1C(=O)[C@@H](NC(=O)NC1(CS(=O)(=O)C(C)(C)C)CCCCC1)C1(C)CCCCC1. The van der Waals surface area contributed by atoms with Gasteiger partial charge in [0.15, 0.2) is 9.84 Å². The van der Waals surface area contributed by atoms with Crippen molar-refractivity contribution in [1.29, 1.82) is 0 Å². The van der Waals surface area contributed by atoms with Crippen molar-refractivity contribution in [3.05, 3.63) is 48.0 Å². The van der Waals surface area contributed by atoms with Crippen LogP contribution in [0.3, 0.4) is 0 Å². The van der Waals surface area contributed by atoms with Crippen LogP contribution in [0, 0.1) is 5.41 Å². The highest BCUT2D eigenvalue weighted by atomic mass is 32.2. The Morgan fingerprint density at radius 3 is 2.21 bits per heavy atom. The molecular formula is C45H68N6O9S. The van der Waals surface area contributed by atoms with Crippen LogP contribution in [-0.2, 0) is 46.7 Å². The van der Waals surface area contributed by atoms with Gasteiger partial charge in [0.25, 0.3) is 5.91 Å². The quantitative estimate of drug-likeness (QED) is 0.140. The lowest BCUT2D eigenvalue weighted by atomic mass is 9.70. The lowest BCUT2D eigenvalue weighted by Crippen LogP contribution is -2.64. The van der Waals surface area contributed by atoms with E-state index in [0.717, 1.165) is 49.7 Å². The molecule has 61 heavy (non-hydrogen) atoms. The Bertz CT molecular complexity index is 1900. The van der Waals surface area contributed by atoms with E-state index in [0.29, 0.717) is 51.6 Å². The number of hydrogen-bond donors (Lipinski definition) is 4. The number of fused-ring (bicyclic) bond motifs is 1. The summed E-state index contributed by atoms with van der Waals surface area (Å²) in [5, 5.41) is 11.2. The number of carbonyl (C=O) groups is 6. The molecular weight excluding hydrogens is 801 g/mol. The minimum Gasteiger partial charge on any atom is -0.444 e. The van der Waals surface area contributed by atoms with Gasteiger partial charge in [-0.25, -0.2) is 18.0 Å². The van der Waals surface area contributed by atoms with Crippen molar-refractivity contribution in [2.45, 2.75) is 166 Å². The van der Waals surface area contributed by atoms with E-state index in [9.17, 15) is 32.4 Å². The highest BCUT2D eigenvalue weighted by molar-refractivity contribution is 7.92. The highest BCUT2D eigenvalue weighted by Crippen LogP contribution is 2.41. The Labute approximate surface area is 361 Å². The van der Waals surface area contributed by atoms with E-state index in [-0.39, 0.29) is 31.7 Å². The number of nitrogens with one attached hydrogen (secondary N) is 4. The number of rotatable bonds is 15. The Kier molecular flexibility index (Phi) is 15.7. The van der Waals surface area contributed by atoms with Crippen LogP contribution in [-0.4, -0.2) is 114 Å². The number of Topliss-reactive ketones (excluding diaryl/α,β-unsaturated/α-hetero) is 1. The van der Waals surface area contributed by atoms with Gasteiger partial charge in [0.1, 0.15) is 18.2 Å².